The summed E-state index contributed by atoms with van der Waals surface area (Å²) in [5, 5.41) is 6.62. The Morgan fingerprint density at radius 2 is 2.07 bits per heavy atom. The SMILES string of the molecule is CCNC(=NCCCc1ccc(Br)cc1F)NCCCCn1ccnc1C.I. The summed E-state index contributed by atoms with van der Waals surface area (Å²) in [5.41, 5.74) is 0.737. The predicted octanol–water partition coefficient (Wildman–Crippen LogP) is 4.68. The third-order valence-electron chi connectivity index (χ3n) is 4.28. The predicted molar refractivity (Wildman–Crippen MR) is 128 cm³/mol. The molecule has 0 aliphatic carbocycles. The Labute approximate surface area is 192 Å². The number of imidazole rings is 1. The molecule has 5 nitrogen and oxygen atoms in total. The topological polar surface area (TPSA) is 54.2 Å². The lowest BCUT2D eigenvalue weighted by atomic mass is 10.1. The lowest BCUT2D eigenvalue weighted by Gasteiger charge is -2.11. The fourth-order valence-electron chi connectivity index (χ4n) is 2.78. The van der Waals surface area contributed by atoms with E-state index in [1.165, 1.54) is 6.07 Å². The van der Waals surface area contributed by atoms with Gasteiger partial charge in [0.2, 0.25) is 0 Å². The molecule has 0 radical (unpaired) electrons. The van der Waals surface area contributed by atoms with E-state index in [1.54, 1.807) is 0 Å². The summed E-state index contributed by atoms with van der Waals surface area (Å²) in [7, 11) is 0. The van der Waals surface area contributed by atoms with Crippen LogP contribution in [-0.4, -0.2) is 35.1 Å². The zero-order valence-corrected chi connectivity index (χ0v) is 20.5. The molecule has 0 aliphatic rings. The average molecular weight is 566 g/mol. The first-order chi connectivity index (χ1) is 13.1. The van der Waals surface area contributed by atoms with Gasteiger partial charge in [0.25, 0.3) is 0 Å². The molecule has 2 rings (SSSR count). The number of aliphatic imine (C=N–C) groups is 1. The molecule has 0 fully saturated rings. The summed E-state index contributed by atoms with van der Waals surface area (Å²) in [6.45, 7) is 7.42. The van der Waals surface area contributed by atoms with E-state index < -0.39 is 0 Å². The number of rotatable bonds is 10. The number of halogens is 3. The van der Waals surface area contributed by atoms with E-state index in [0.717, 1.165) is 60.7 Å². The van der Waals surface area contributed by atoms with Gasteiger partial charge in [-0.1, -0.05) is 22.0 Å². The molecule has 0 atom stereocenters. The Morgan fingerprint density at radius 3 is 2.75 bits per heavy atom. The monoisotopic (exact) mass is 565 g/mol. The second-order valence-electron chi connectivity index (χ2n) is 6.40. The molecule has 1 aromatic heterocycles. The summed E-state index contributed by atoms with van der Waals surface area (Å²) in [6, 6.07) is 5.21. The molecule has 0 bridgehead atoms. The Hall–Kier alpha value is -1.16. The van der Waals surface area contributed by atoms with Gasteiger partial charge in [0, 0.05) is 43.0 Å². The van der Waals surface area contributed by atoms with Gasteiger partial charge in [-0.3, -0.25) is 4.99 Å². The largest absolute Gasteiger partial charge is 0.357 e. The molecule has 0 saturated heterocycles. The maximum absolute atomic E-state index is 13.8. The smallest absolute Gasteiger partial charge is 0.191 e. The van der Waals surface area contributed by atoms with Gasteiger partial charge in [-0.15, -0.1) is 24.0 Å². The van der Waals surface area contributed by atoms with E-state index >= 15 is 0 Å². The second-order valence-corrected chi connectivity index (χ2v) is 7.32. The van der Waals surface area contributed by atoms with Crippen molar-refractivity contribution < 1.29 is 4.39 Å². The van der Waals surface area contributed by atoms with Crippen molar-refractivity contribution in [1.29, 1.82) is 0 Å². The quantitative estimate of drug-likeness (QED) is 0.190. The van der Waals surface area contributed by atoms with Crippen molar-refractivity contribution in [2.24, 2.45) is 4.99 Å². The zero-order valence-electron chi connectivity index (χ0n) is 16.5. The molecule has 156 valence electrons. The molecule has 0 saturated carbocycles. The van der Waals surface area contributed by atoms with Crippen LogP contribution in [0, 0.1) is 12.7 Å². The molecule has 8 heteroatoms. The number of guanidine groups is 1. The van der Waals surface area contributed by atoms with Crippen molar-refractivity contribution in [3.05, 3.63) is 52.3 Å². The Morgan fingerprint density at radius 1 is 1.25 bits per heavy atom. The third kappa shape index (κ3) is 8.89. The number of benzene rings is 1. The van der Waals surface area contributed by atoms with Crippen LogP contribution in [0.3, 0.4) is 0 Å². The first kappa shape index (κ1) is 24.9. The number of unbranched alkanes of at least 4 members (excludes halogenated alkanes) is 1. The van der Waals surface area contributed by atoms with E-state index in [-0.39, 0.29) is 29.8 Å². The summed E-state index contributed by atoms with van der Waals surface area (Å²) < 4.78 is 16.8. The molecule has 2 aromatic rings. The van der Waals surface area contributed by atoms with Crippen LogP contribution in [0.25, 0.3) is 0 Å². The highest BCUT2D eigenvalue weighted by atomic mass is 127. The van der Waals surface area contributed by atoms with Gasteiger partial charge in [-0.05, 0) is 57.2 Å². The Kier molecular flexibility index (Phi) is 12.4. The van der Waals surface area contributed by atoms with Gasteiger partial charge >= 0.3 is 0 Å². The minimum Gasteiger partial charge on any atom is -0.357 e. The van der Waals surface area contributed by atoms with E-state index in [1.807, 2.05) is 31.5 Å². The van der Waals surface area contributed by atoms with Crippen LogP contribution < -0.4 is 10.6 Å². The van der Waals surface area contributed by atoms with Crippen molar-refractivity contribution in [2.75, 3.05) is 19.6 Å². The number of hydrogen-bond acceptors (Lipinski definition) is 2. The van der Waals surface area contributed by atoms with Crippen LogP contribution >= 0.6 is 39.9 Å². The summed E-state index contributed by atoms with van der Waals surface area (Å²) in [4.78, 5) is 8.82. The average Bonchev–Trinajstić information content (AvgIpc) is 3.04. The molecule has 0 spiro atoms. The van der Waals surface area contributed by atoms with Crippen LogP contribution in [0.2, 0.25) is 0 Å². The zero-order chi connectivity index (χ0) is 19.5. The summed E-state index contributed by atoms with van der Waals surface area (Å²) in [6.07, 6.45) is 7.51. The maximum Gasteiger partial charge on any atom is 0.191 e. The van der Waals surface area contributed by atoms with Crippen LogP contribution in [0.4, 0.5) is 4.39 Å². The molecule has 0 amide bonds. The normalized spacial score (nSPS) is 11.2. The van der Waals surface area contributed by atoms with E-state index in [4.69, 9.17) is 0 Å². The van der Waals surface area contributed by atoms with E-state index in [9.17, 15) is 4.39 Å². The van der Waals surface area contributed by atoms with E-state index in [2.05, 4.69) is 48.0 Å². The molecule has 0 aliphatic heterocycles. The van der Waals surface area contributed by atoms with E-state index in [0.29, 0.717) is 13.0 Å². The van der Waals surface area contributed by atoms with Crippen molar-refractivity contribution in [2.45, 2.75) is 46.1 Å². The molecule has 2 N–H and O–H groups in total. The Balaban J connectivity index is 0.00000392. The van der Waals surface area contributed by atoms with Gasteiger partial charge in [0.15, 0.2) is 5.96 Å². The number of nitrogens with one attached hydrogen (secondary N) is 2. The standard InChI is InChI=1S/C20H29BrFN5.HI/c1-3-23-20(25-10-4-5-13-27-14-12-24-16(27)2)26-11-6-7-17-8-9-18(21)15-19(17)22;/h8-9,12,14-15H,3-7,10-11,13H2,1-2H3,(H2,23,25,26);1H. The summed E-state index contributed by atoms with van der Waals surface area (Å²) in [5.74, 6) is 1.72. The minimum absolute atomic E-state index is 0. The van der Waals surface area contributed by atoms with Gasteiger partial charge in [-0.25, -0.2) is 9.37 Å². The number of nitrogens with zero attached hydrogens (tertiary/aromatic N) is 3. The first-order valence-electron chi connectivity index (χ1n) is 9.54. The minimum atomic E-state index is -0.161. The van der Waals surface area contributed by atoms with Gasteiger partial charge in [0.1, 0.15) is 11.6 Å². The van der Waals surface area contributed by atoms with Gasteiger partial charge in [-0.2, -0.15) is 0 Å². The molecular formula is C20H30BrFIN5. The molecule has 28 heavy (non-hydrogen) atoms. The highest BCUT2D eigenvalue weighted by molar-refractivity contribution is 14.0. The van der Waals surface area contributed by atoms with Crippen molar-refractivity contribution in [3.8, 4) is 0 Å². The van der Waals surface area contributed by atoms with Crippen molar-refractivity contribution in [3.63, 3.8) is 0 Å². The molecule has 0 unspecified atom stereocenters. The van der Waals surface area contributed by atoms with Crippen LogP contribution in [0.15, 0.2) is 40.1 Å². The third-order valence-corrected chi connectivity index (χ3v) is 4.77. The number of aryl methyl sites for hydroxylation is 3. The van der Waals surface area contributed by atoms with Crippen molar-refractivity contribution >= 4 is 45.9 Å². The van der Waals surface area contributed by atoms with Crippen LogP contribution in [0.5, 0.6) is 0 Å². The van der Waals surface area contributed by atoms with Gasteiger partial charge < -0.3 is 15.2 Å². The lowest BCUT2D eigenvalue weighted by Crippen LogP contribution is -2.38. The number of aromatic nitrogens is 2. The maximum atomic E-state index is 13.8. The Bertz CT molecular complexity index is 735. The van der Waals surface area contributed by atoms with Crippen LogP contribution in [-0.2, 0) is 13.0 Å². The second kappa shape index (κ2) is 13.9. The molecule has 1 heterocycles. The van der Waals surface area contributed by atoms with Crippen LogP contribution in [0.1, 0.15) is 37.6 Å². The fourth-order valence-corrected chi connectivity index (χ4v) is 3.11. The van der Waals surface area contributed by atoms with Gasteiger partial charge in [0.05, 0.1) is 0 Å². The molecular weight excluding hydrogens is 536 g/mol. The summed E-state index contributed by atoms with van der Waals surface area (Å²) >= 11 is 3.28. The first-order valence-corrected chi connectivity index (χ1v) is 10.3. The van der Waals surface area contributed by atoms with Crippen molar-refractivity contribution in [1.82, 2.24) is 20.2 Å². The highest BCUT2D eigenvalue weighted by Crippen LogP contribution is 2.16. The lowest BCUT2D eigenvalue weighted by molar-refractivity contribution is 0.588. The highest BCUT2D eigenvalue weighted by Gasteiger charge is 2.03. The fraction of sp³-hybridized carbons (Fsp3) is 0.500. The number of hydrogen-bond donors (Lipinski definition) is 2. The molecule has 1 aromatic carbocycles.